The van der Waals surface area contributed by atoms with Crippen molar-refractivity contribution in [2.24, 2.45) is 5.92 Å². The summed E-state index contributed by atoms with van der Waals surface area (Å²) in [5.41, 5.74) is 5.22. The van der Waals surface area contributed by atoms with E-state index in [2.05, 4.69) is 5.32 Å². The van der Waals surface area contributed by atoms with Gasteiger partial charge in [0.1, 0.15) is 5.69 Å². The Bertz CT molecular complexity index is 490. The fraction of sp³-hybridized carbons (Fsp3) is 0.417. The number of carbonyl (C=O) groups is 1. The number of nitrogens with two attached hydrogens (primary N) is 1. The van der Waals surface area contributed by atoms with Gasteiger partial charge in [-0.2, -0.15) is 0 Å². The molecule has 7 heteroatoms. The summed E-state index contributed by atoms with van der Waals surface area (Å²) in [7, 11) is 0. The summed E-state index contributed by atoms with van der Waals surface area (Å²) in [6.45, 7) is 3.46. The zero-order valence-corrected chi connectivity index (χ0v) is 10.8. The number of aliphatic hydroxyl groups is 1. The lowest BCUT2D eigenvalue weighted by Gasteiger charge is -2.19. The van der Waals surface area contributed by atoms with Gasteiger partial charge < -0.3 is 16.2 Å². The van der Waals surface area contributed by atoms with Crippen LogP contribution in [0.25, 0.3) is 0 Å². The normalized spacial score (nSPS) is 13.6. The molecule has 0 aliphatic rings. The van der Waals surface area contributed by atoms with Gasteiger partial charge in [-0.1, -0.05) is 13.0 Å². The lowest BCUT2D eigenvalue weighted by atomic mass is 10.0. The molecule has 0 bridgehead atoms. The van der Waals surface area contributed by atoms with E-state index in [1.807, 2.05) is 0 Å². The minimum absolute atomic E-state index is 0.0613. The van der Waals surface area contributed by atoms with Crippen LogP contribution in [0, 0.1) is 16.0 Å². The van der Waals surface area contributed by atoms with Gasteiger partial charge in [-0.15, -0.1) is 0 Å². The highest BCUT2D eigenvalue weighted by Crippen LogP contribution is 2.24. The van der Waals surface area contributed by atoms with Crippen LogP contribution in [0.5, 0.6) is 0 Å². The maximum atomic E-state index is 12.0. The zero-order chi connectivity index (χ0) is 14.6. The minimum atomic E-state index is -0.633. The first-order valence-corrected chi connectivity index (χ1v) is 5.83. The summed E-state index contributed by atoms with van der Waals surface area (Å²) in [6.07, 6.45) is 0. The lowest BCUT2D eigenvalue weighted by molar-refractivity contribution is -0.383. The van der Waals surface area contributed by atoms with Gasteiger partial charge in [0.15, 0.2) is 0 Å². The quantitative estimate of drug-likeness (QED) is 0.416. The first-order valence-electron chi connectivity index (χ1n) is 5.83. The molecule has 4 N–H and O–H groups in total. The number of hydrogen-bond donors (Lipinski definition) is 3. The third-order valence-corrected chi connectivity index (χ3v) is 3.02. The predicted molar refractivity (Wildman–Crippen MR) is 70.7 cm³/mol. The van der Waals surface area contributed by atoms with E-state index >= 15 is 0 Å². The summed E-state index contributed by atoms with van der Waals surface area (Å²) in [5, 5.41) is 22.4. The van der Waals surface area contributed by atoms with E-state index in [4.69, 9.17) is 10.8 Å². The second kappa shape index (κ2) is 6.14. The second-order valence-corrected chi connectivity index (χ2v) is 4.42. The fourth-order valence-corrected chi connectivity index (χ4v) is 1.50. The molecule has 104 valence electrons. The molecule has 2 atom stereocenters. The van der Waals surface area contributed by atoms with Gasteiger partial charge in [0.05, 0.1) is 10.5 Å². The molecule has 0 radical (unpaired) electrons. The topological polar surface area (TPSA) is 118 Å². The molecule has 0 fully saturated rings. The third-order valence-electron chi connectivity index (χ3n) is 3.02. The predicted octanol–water partition coefficient (Wildman–Crippen LogP) is 0.924. The minimum Gasteiger partial charge on any atom is -0.396 e. The molecule has 1 aromatic carbocycles. The van der Waals surface area contributed by atoms with Gasteiger partial charge in [-0.25, -0.2) is 0 Å². The maximum absolute atomic E-state index is 12.0. The Morgan fingerprint density at radius 1 is 1.53 bits per heavy atom. The molecule has 0 spiro atoms. The monoisotopic (exact) mass is 267 g/mol. The van der Waals surface area contributed by atoms with E-state index in [0.29, 0.717) is 0 Å². The van der Waals surface area contributed by atoms with Crippen LogP contribution >= 0.6 is 0 Å². The first kappa shape index (κ1) is 14.9. The van der Waals surface area contributed by atoms with Crippen molar-refractivity contribution in [2.45, 2.75) is 19.9 Å². The smallest absolute Gasteiger partial charge is 0.292 e. The molecule has 1 aromatic rings. The third kappa shape index (κ3) is 3.41. The molecule has 7 nitrogen and oxygen atoms in total. The lowest BCUT2D eigenvalue weighted by Crippen LogP contribution is -2.38. The van der Waals surface area contributed by atoms with E-state index in [1.54, 1.807) is 13.8 Å². The van der Waals surface area contributed by atoms with Crippen LogP contribution in [0.15, 0.2) is 18.2 Å². The number of anilines is 1. The molecule has 0 aliphatic heterocycles. The molecule has 0 aromatic heterocycles. The van der Waals surface area contributed by atoms with Crippen molar-refractivity contribution in [3.05, 3.63) is 33.9 Å². The number of amides is 1. The first-order chi connectivity index (χ1) is 8.88. The molecule has 0 saturated carbocycles. The Kier molecular flexibility index (Phi) is 4.82. The van der Waals surface area contributed by atoms with Crippen molar-refractivity contribution >= 4 is 17.3 Å². The largest absolute Gasteiger partial charge is 0.396 e. The van der Waals surface area contributed by atoms with Crippen LogP contribution in [-0.2, 0) is 0 Å². The average molecular weight is 267 g/mol. The van der Waals surface area contributed by atoms with Crippen LogP contribution in [0.3, 0.4) is 0 Å². The standard InChI is InChI=1S/C12H17N3O4/c1-7(6-16)8(2)14-12(17)9-4-3-5-10(11(9)13)15(18)19/h3-5,7-8,16H,6,13H2,1-2H3,(H,14,17). The number of nitrogen functional groups attached to an aromatic ring is 1. The van der Waals surface area contributed by atoms with Crippen LogP contribution in [-0.4, -0.2) is 28.6 Å². The summed E-state index contributed by atoms with van der Waals surface area (Å²) in [6, 6.07) is 3.81. The number of nitrogens with zero attached hydrogens (tertiary/aromatic N) is 1. The van der Waals surface area contributed by atoms with Crippen LogP contribution in [0.1, 0.15) is 24.2 Å². The molecule has 19 heavy (non-hydrogen) atoms. The van der Waals surface area contributed by atoms with E-state index in [0.717, 1.165) is 0 Å². The highest BCUT2D eigenvalue weighted by Gasteiger charge is 2.21. The van der Waals surface area contributed by atoms with Crippen molar-refractivity contribution in [1.82, 2.24) is 5.32 Å². The second-order valence-electron chi connectivity index (χ2n) is 4.42. The number of carbonyl (C=O) groups excluding carboxylic acids is 1. The molecule has 1 amide bonds. The Balaban J connectivity index is 2.95. The average Bonchev–Trinajstić information content (AvgIpc) is 2.37. The van der Waals surface area contributed by atoms with Crippen molar-refractivity contribution in [1.29, 1.82) is 0 Å². The van der Waals surface area contributed by atoms with Crippen molar-refractivity contribution in [3.63, 3.8) is 0 Å². The Morgan fingerprint density at radius 3 is 2.68 bits per heavy atom. The van der Waals surface area contributed by atoms with Gasteiger partial charge in [-0.3, -0.25) is 14.9 Å². The summed E-state index contributed by atoms with van der Waals surface area (Å²) >= 11 is 0. The molecule has 0 saturated heterocycles. The Morgan fingerprint density at radius 2 is 2.16 bits per heavy atom. The van der Waals surface area contributed by atoms with Crippen molar-refractivity contribution in [3.8, 4) is 0 Å². The molecular weight excluding hydrogens is 250 g/mol. The van der Waals surface area contributed by atoms with Gasteiger partial charge in [-0.05, 0) is 18.9 Å². The van der Waals surface area contributed by atoms with Crippen LogP contribution in [0.4, 0.5) is 11.4 Å². The number of rotatable bonds is 5. The highest BCUT2D eigenvalue weighted by atomic mass is 16.6. The zero-order valence-electron chi connectivity index (χ0n) is 10.8. The van der Waals surface area contributed by atoms with Gasteiger partial charge in [0, 0.05) is 18.7 Å². The number of nitro benzene ring substituents is 1. The number of hydrogen-bond acceptors (Lipinski definition) is 5. The van der Waals surface area contributed by atoms with Gasteiger partial charge in [0.25, 0.3) is 11.6 Å². The number of aliphatic hydroxyl groups excluding tert-OH is 1. The Labute approximate surface area is 110 Å². The summed E-state index contributed by atoms with van der Waals surface area (Å²) < 4.78 is 0. The fourth-order valence-electron chi connectivity index (χ4n) is 1.50. The molecule has 1 rings (SSSR count). The van der Waals surface area contributed by atoms with E-state index in [1.165, 1.54) is 18.2 Å². The van der Waals surface area contributed by atoms with E-state index in [9.17, 15) is 14.9 Å². The van der Waals surface area contributed by atoms with Crippen molar-refractivity contribution in [2.75, 3.05) is 12.3 Å². The SMILES string of the molecule is CC(CO)C(C)NC(=O)c1cccc([N+](=O)[O-])c1N. The van der Waals surface area contributed by atoms with Gasteiger partial charge in [0.2, 0.25) is 0 Å². The van der Waals surface area contributed by atoms with Crippen LogP contribution < -0.4 is 11.1 Å². The number of benzene rings is 1. The van der Waals surface area contributed by atoms with Crippen LogP contribution in [0.2, 0.25) is 0 Å². The number of para-hydroxylation sites is 1. The summed E-state index contributed by atoms with van der Waals surface area (Å²) in [4.78, 5) is 22.1. The van der Waals surface area contributed by atoms with E-state index < -0.39 is 10.8 Å². The highest BCUT2D eigenvalue weighted by molar-refractivity contribution is 6.01. The number of nitro groups is 1. The maximum Gasteiger partial charge on any atom is 0.292 e. The molecule has 0 heterocycles. The van der Waals surface area contributed by atoms with E-state index in [-0.39, 0.29) is 35.5 Å². The Hall–Kier alpha value is -2.15. The van der Waals surface area contributed by atoms with Crippen molar-refractivity contribution < 1.29 is 14.8 Å². The molecule has 2 unspecified atom stereocenters. The number of nitrogens with one attached hydrogen (secondary N) is 1. The summed E-state index contributed by atoms with van der Waals surface area (Å²) in [5.74, 6) is -0.613. The molecular formula is C12H17N3O4. The molecule has 0 aliphatic carbocycles. The van der Waals surface area contributed by atoms with Gasteiger partial charge >= 0.3 is 0 Å².